The standard InChI is InChI=1S/C15H22BrN3O/c1-12-6-2-3-10-19(12)11-5-9-18-15(20)14-13(16)7-4-8-17-14/h4,7-8,12H,2-3,5-6,9-11H2,1H3,(H,18,20). The normalized spacial score (nSPS) is 19.8. The number of hydrogen-bond donors (Lipinski definition) is 1. The van der Waals surface area contributed by atoms with Gasteiger partial charge in [0.15, 0.2) is 0 Å². The quantitative estimate of drug-likeness (QED) is 0.839. The third-order valence-corrected chi connectivity index (χ3v) is 4.46. The number of nitrogens with one attached hydrogen (secondary N) is 1. The molecule has 0 saturated carbocycles. The molecule has 0 aromatic carbocycles. The van der Waals surface area contributed by atoms with Crippen LogP contribution in [0.15, 0.2) is 22.8 Å². The van der Waals surface area contributed by atoms with Crippen LogP contribution in [-0.4, -0.2) is 41.5 Å². The van der Waals surface area contributed by atoms with Gasteiger partial charge in [0, 0.05) is 29.8 Å². The van der Waals surface area contributed by atoms with E-state index in [-0.39, 0.29) is 5.91 Å². The Bertz CT molecular complexity index is 452. The lowest BCUT2D eigenvalue weighted by Crippen LogP contribution is -2.39. The molecule has 0 radical (unpaired) electrons. The molecule has 1 aliphatic rings. The van der Waals surface area contributed by atoms with Gasteiger partial charge in [0.05, 0.1) is 0 Å². The maximum atomic E-state index is 12.0. The first-order valence-corrected chi connectivity index (χ1v) is 8.10. The van der Waals surface area contributed by atoms with E-state index in [0.29, 0.717) is 18.3 Å². The van der Waals surface area contributed by atoms with Crippen LogP contribution in [0.1, 0.15) is 43.1 Å². The van der Waals surface area contributed by atoms with Gasteiger partial charge >= 0.3 is 0 Å². The van der Waals surface area contributed by atoms with Gasteiger partial charge in [-0.1, -0.05) is 6.42 Å². The number of rotatable bonds is 5. The number of carbonyl (C=O) groups is 1. The summed E-state index contributed by atoms with van der Waals surface area (Å²) in [6, 6.07) is 4.32. The van der Waals surface area contributed by atoms with Crippen molar-refractivity contribution in [1.82, 2.24) is 15.2 Å². The number of carbonyl (C=O) groups excluding carboxylic acids is 1. The SMILES string of the molecule is CC1CCCCN1CCCNC(=O)c1ncccc1Br. The third kappa shape index (κ3) is 4.28. The van der Waals surface area contributed by atoms with Gasteiger partial charge in [0.2, 0.25) is 0 Å². The lowest BCUT2D eigenvalue weighted by atomic mass is 10.0. The molecule has 0 spiro atoms. The Morgan fingerprint density at radius 3 is 3.15 bits per heavy atom. The molecule has 1 N–H and O–H groups in total. The molecular weight excluding hydrogens is 318 g/mol. The number of piperidine rings is 1. The number of hydrogen-bond acceptors (Lipinski definition) is 3. The monoisotopic (exact) mass is 339 g/mol. The molecular formula is C15H22BrN3O. The number of aromatic nitrogens is 1. The van der Waals surface area contributed by atoms with Gasteiger partial charge in [-0.2, -0.15) is 0 Å². The maximum Gasteiger partial charge on any atom is 0.271 e. The number of likely N-dealkylation sites (tertiary alicyclic amines) is 1. The number of pyridine rings is 1. The molecule has 20 heavy (non-hydrogen) atoms. The Kier molecular flexibility index (Phi) is 5.98. The molecule has 1 aromatic heterocycles. The predicted octanol–water partition coefficient (Wildman–Crippen LogP) is 2.84. The molecule has 0 aliphatic carbocycles. The van der Waals surface area contributed by atoms with Gasteiger partial charge in [-0.05, 0) is 60.8 Å². The second kappa shape index (κ2) is 7.74. The topological polar surface area (TPSA) is 45.2 Å². The highest BCUT2D eigenvalue weighted by Gasteiger charge is 2.17. The van der Waals surface area contributed by atoms with Gasteiger partial charge < -0.3 is 10.2 Å². The Morgan fingerprint density at radius 2 is 2.40 bits per heavy atom. The molecule has 2 rings (SSSR count). The van der Waals surface area contributed by atoms with Crippen LogP contribution < -0.4 is 5.32 Å². The fourth-order valence-electron chi connectivity index (χ4n) is 2.61. The zero-order chi connectivity index (χ0) is 14.4. The van der Waals surface area contributed by atoms with Crippen molar-refractivity contribution >= 4 is 21.8 Å². The number of nitrogens with zero attached hydrogens (tertiary/aromatic N) is 2. The Hall–Kier alpha value is -0.940. The minimum atomic E-state index is -0.107. The molecule has 4 nitrogen and oxygen atoms in total. The summed E-state index contributed by atoms with van der Waals surface area (Å²) in [6.45, 7) is 5.25. The Labute approximate surface area is 129 Å². The van der Waals surface area contributed by atoms with Crippen molar-refractivity contribution in [2.24, 2.45) is 0 Å². The van der Waals surface area contributed by atoms with Gasteiger partial charge in [0.1, 0.15) is 5.69 Å². The Morgan fingerprint density at radius 1 is 1.55 bits per heavy atom. The van der Waals surface area contributed by atoms with Crippen molar-refractivity contribution in [2.45, 2.75) is 38.6 Å². The molecule has 1 aliphatic heterocycles. The molecule has 0 bridgehead atoms. The van der Waals surface area contributed by atoms with Crippen LogP contribution in [0.2, 0.25) is 0 Å². The van der Waals surface area contributed by atoms with Crippen LogP contribution in [0, 0.1) is 0 Å². The van der Waals surface area contributed by atoms with Gasteiger partial charge in [0.25, 0.3) is 5.91 Å². The van der Waals surface area contributed by atoms with E-state index in [9.17, 15) is 4.79 Å². The van der Waals surface area contributed by atoms with Crippen LogP contribution in [0.3, 0.4) is 0 Å². The van der Waals surface area contributed by atoms with E-state index < -0.39 is 0 Å². The summed E-state index contributed by atoms with van der Waals surface area (Å²) in [4.78, 5) is 18.6. The lowest BCUT2D eigenvalue weighted by molar-refractivity contribution is 0.0943. The van der Waals surface area contributed by atoms with Crippen molar-refractivity contribution in [1.29, 1.82) is 0 Å². The Balaban J connectivity index is 1.71. The molecule has 1 amide bonds. The average Bonchev–Trinajstić information content (AvgIpc) is 2.45. The molecule has 1 unspecified atom stereocenters. The fraction of sp³-hybridized carbons (Fsp3) is 0.600. The van der Waals surface area contributed by atoms with Gasteiger partial charge in [-0.3, -0.25) is 4.79 Å². The van der Waals surface area contributed by atoms with Crippen LogP contribution in [-0.2, 0) is 0 Å². The summed E-state index contributed by atoms with van der Waals surface area (Å²) in [6.07, 6.45) is 6.57. The number of amides is 1. The second-order valence-corrected chi connectivity index (χ2v) is 6.18. The lowest BCUT2D eigenvalue weighted by Gasteiger charge is -2.33. The van der Waals surface area contributed by atoms with E-state index in [1.54, 1.807) is 12.3 Å². The van der Waals surface area contributed by atoms with Crippen molar-refractivity contribution in [3.05, 3.63) is 28.5 Å². The predicted molar refractivity (Wildman–Crippen MR) is 83.8 cm³/mol. The van der Waals surface area contributed by atoms with Crippen molar-refractivity contribution < 1.29 is 4.79 Å². The first kappa shape index (κ1) is 15.4. The maximum absolute atomic E-state index is 12.0. The molecule has 1 saturated heterocycles. The van der Waals surface area contributed by atoms with Crippen molar-refractivity contribution in [2.75, 3.05) is 19.6 Å². The first-order chi connectivity index (χ1) is 9.68. The second-order valence-electron chi connectivity index (χ2n) is 5.32. The summed E-state index contributed by atoms with van der Waals surface area (Å²) < 4.78 is 0.738. The minimum absolute atomic E-state index is 0.107. The molecule has 110 valence electrons. The molecule has 2 heterocycles. The smallest absolute Gasteiger partial charge is 0.271 e. The zero-order valence-electron chi connectivity index (χ0n) is 11.9. The highest BCUT2D eigenvalue weighted by Crippen LogP contribution is 2.16. The summed E-state index contributed by atoms with van der Waals surface area (Å²) >= 11 is 3.34. The van der Waals surface area contributed by atoms with Gasteiger partial charge in [-0.15, -0.1) is 0 Å². The highest BCUT2D eigenvalue weighted by molar-refractivity contribution is 9.10. The van der Waals surface area contributed by atoms with Crippen LogP contribution in [0.25, 0.3) is 0 Å². The highest BCUT2D eigenvalue weighted by atomic mass is 79.9. The molecule has 1 aromatic rings. The number of halogens is 1. The van der Waals surface area contributed by atoms with Crippen molar-refractivity contribution in [3.63, 3.8) is 0 Å². The van der Waals surface area contributed by atoms with Crippen molar-refractivity contribution in [3.8, 4) is 0 Å². The van der Waals surface area contributed by atoms with Gasteiger partial charge in [-0.25, -0.2) is 4.98 Å². The first-order valence-electron chi connectivity index (χ1n) is 7.31. The minimum Gasteiger partial charge on any atom is -0.351 e. The summed E-state index contributed by atoms with van der Waals surface area (Å²) in [5.74, 6) is -0.107. The summed E-state index contributed by atoms with van der Waals surface area (Å²) in [5, 5.41) is 2.94. The van der Waals surface area contributed by atoms with Crippen LogP contribution in [0.4, 0.5) is 0 Å². The third-order valence-electron chi connectivity index (χ3n) is 3.82. The molecule has 1 atom stereocenters. The van der Waals surface area contributed by atoms with E-state index >= 15 is 0 Å². The fourth-order valence-corrected chi connectivity index (χ4v) is 3.05. The molecule has 1 fully saturated rings. The molecule has 5 heteroatoms. The van der Waals surface area contributed by atoms with E-state index in [1.165, 1.54) is 25.8 Å². The van der Waals surface area contributed by atoms with E-state index in [1.807, 2.05) is 6.07 Å². The average molecular weight is 340 g/mol. The summed E-state index contributed by atoms with van der Waals surface area (Å²) in [5.41, 5.74) is 0.457. The van der Waals surface area contributed by atoms with Crippen LogP contribution in [0.5, 0.6) is 0 Å². The summed E-state index contributed by atoms with van der Waals surface area (Å²) in [7, 11) is 0. The van der Waals surface area contributed by atoms with Crippen LogP contribution >= 0.6 is 15.9 Å². The van der Waals surface area contributed by atoms with E-state index in [4.69, 9.17) is 0 Å². The zero-order valence-corrected chi connectivity index (χ0v) is 13.5. The van der Waals surface area contributed by atoms with E-state index in [2.05, 4.69) is 38.1 Å². The van der Waals surface area contributed by atoms with E-state index in [0.717, 1.165) is 17.4 Å². The largest absolute Gasteiger partial charge is 0.351 e.